The van der Waals surface area contributed by atoms with Gasteiger partial charge in [0.05, 0.1) is 11.6 Å². The van der Waals surface area contributed by atoms with Gasteiger partial charge in [0.2, 0.25) is 23.6 Å². The minimum absolute atomic E-state index is 0.0949. The van der Waals surface area contributed by atoms with E-state index in [-0.39, 0.29) is 47.1 Å². The molecule has 1 aromatic heterocycles. The van der Waals surface area contributed by atoms with Gasteiger partial charge in [-0.25, -0.2) is 0 Å². The van der Waals surface area contributed by atoms with Crippen LogP contribution in [0.5, 0.6) is 0 Å². The van der Waals surface area contributed by atoms with Crippen LogP contribution >= 0.6 is 0 Å². The van der Waals surface area contributed by atoms with E-state index < -0.39 is 30.1 Å². The Morgan fingerprint density at radius 1 is 0.936 bits per heavy atom. The zero-order valence-electron chi connectivity index (χ0n) is 29.4. The third-order valence-electron chi connectivity index (χ3n) is 8.38. The first-order valence-electron chi connectivity index (χ1n) is 17.1. The number of carbonyl (C=O) groups is 5. The lowest BCUT2D eigenvalue weighted by atomic mass is 10.0. The lowest BCUT2D eigenvalue weighted by molar-refractivity contribution is -0.605. The van der Waals surface area contributed by atoms with Crippen LogP contribution in [0.3, 0.4) is 0 Å². The Kier molecular flexibility index (Phi) is 16.1. The molecule has 0 aliphatic heterocycles. The van der Waals surface area contributed by atoms with Crippen molar-refractivity contribution in [3.05, 3.63) is 35.3 Å². The lowest BCUT2D eigenvalue weighted by Crippen LogP contribution is -2.57. The third kappa shape index (κ3) is 13.1. The lowest BCUT2D eigenvalue weighted by Gasteiger charge is -2.32. The monoisotopic (exact) mass is 659 g/mol. The van der Waals surface area contributed by atoms with Gasteiger partial charge in [0, 0.05) is 38.3 Å². The van der Waals surface area contributed by atoms with Gasteiger partial charge >= 0.3 is 0 Å². The number of hydrogen-bond acceptors (Lipinski definition) is 7. The van der Waals surface area contributed by atoms with Gasteiger partial charge in [0.25, 0.3) is 5.91 Å². The van der Waals surface area contributed by atoms with Crippen molar-refractivity contribution in [1.82, 2.24) is 31.5 Å². The maximum atomic E-state index is 13.8. The summed E-state index contributed by atoms with van der Waals surface area (Å²) in [5.41, 5.74) is 0.270. The van der Waals surface area contributed by atoms with Crippen LogP contribution in [0.25, 0.3) is 0 Å². The average molecular weight is 660 g/mol. The molecule has 5 atom stereocenters. The topological polar surface area (TPSA) is 176 Å². The number of amides is 5. The number of aromatic nitrogens is 1. The summed E-state index contributed by atoms with van der Waals surface area (Å²) in [6.45, 7) is 14.1. The second-order valence-corrected chi connectivity index (χ2v) is 13.5. The van der Waals surface area contributed by atoms with Gasteiger partial charge in [-0.05, 0) is 50.9 Å². The molecule has 0 radical (unpaired) electrons. The Morgan fingerprint density at radius 2 is 1.57 bits per heavy atom. The number of pyridine rings is 1. The molecule has 13 nitrogen and oxygen atoms in total. The van der Waals surface area contributed by atoms with E-state index in [0.29, 0.717) is 49.4 Å². The Hall–Kier alpha value is -3.74. The fourth-order valence-corrected chi connectivity index (χ4v) is 5.46. The van der Waals surface area contributed by atoms with E-state index in [9.17, 15) is 29.2 Å². The Balaban J connectivity index is 2.11. The normalized spacial score (nSPS) is 16.0. The SMILES string of the molecule is CCC[C@@H](C(=O)N[C@H](CN[C@@H](C)C(=O)N[C@H](C(=O)NCC)C(C)C)CC(C)C)N(C)C(=O)[C@H](CC1CC1)NC(=O)c1cc[n+]([O-])cc1. The molecule has 13 heteroatoms. The molecule has 47 heavy (non-hydrogen) atoms. The number of carbonyl (C=O) groups excluding carboxylic acids is 5. The van der Waals surface area contributed by atoms with E-state index in [1.807, 2.05) is 41.5 Å². The van der Waals surface area contributed by atoms with Crippen LogP contribution in [0.2, 0.25) is 0 Å². The molecule has 1 fully saturated rings. The second kappa shape index (κ2) is 19.2. The molecule has 0 bridgehead atoms. The van der Waals surface area contributed by atoms with Crippen LogP contribution in [0.1, 0.15) is 97.3 Å². The highest BCUT2D eigenvalue weighted by Gasteiger charge is 2.36. The van der Waals surface area contributed by atoms with Gasteiger partial charge in [-0.1, -0.05) is 53.9 Å². The smallest absolute Gasteiger partial charge is 0.252 e. The molecule has 264 valence electrons. The first-order chi connectivity index (χ1) is 22.2. The molecule has 0 aromatic carbocycles. The minimum Gasteiger partial charge on any atom is -0.619 e. The van der Waals surface area contributed by atoms with Gasteiger partial charge in [0.15, 0.2) is 12.4 Å². The summed E-state index contributed by atoms with van der Waals surface area (Å²) in [7, 11) is 1.60. The van der Waals surface area contributed by atoms with Crippen molar-refractivity contribution in [3.8, 4) is 0 Å². The Morgan fingerprint density at radius 3 is 2.11 bits per heavy atom. The zero-order chi connectivity index (χ0) is 35.3. The Labute approximate surface area is 280 Å². The van der Waals surface area contributed by atoms with Gasteiger partial charge in [-0.2, -0.15) is 4.73 Å². The molecule has 1 saturated carbocycles. The number of hydrogen-bond donors (Lipinski definition) is 5. The van der Waals surface area contributed by atoms with Crippen molar-refractivity contribution in [2.75, 3.05) is 20.1 Å². The van der Waals surface area contributed by atoms with Crippen LogP contribution in [-0.4, -0.2) is 84.8 Å². The maximum Gasteiger partial charge on any atom is 0.252 e. The molecule has 1 aliphatic rings. The first kappa shape index (κ1) is 39.4. The number of nitrogens with zero attached hydrogens (tertiary/aromatic N) is 2. The second-order valence-electron chi connectivity index (χ2n) is 13.5. The van der Waals surface area contributed by atoms with Crippen molar-refractivity contribution < 1.29 is 28.7 Å². The quantitative estimate of drug-likeness (QED) is 0.104. The van der Waals surface area contributed by atoms with Crippen molar-refractivity contribution in [2.45, 2.75) is 117 Å². The van der Waals surface area contributed by atoms with Crippen LogP contribution in [-0.2, 0) is 19.2 Å². The van der Waals surface area contributed by atoms with Gasteiger partial charge in [0.1, 0.15) is 18.1 Å². The number of likely N-dealkylation sites (N-methyl/N-ethyl adjacent to an activating group) is 2. The van der Waals surface area contributed by atoms with Crippen molar-refractivity contribution >= 4 is 29.5 Å². The largest absolute Gasteiger partial charge is 0.619 e. The van der Waals surface area contributed by atoms with Crippen LogP contribution in [0.4, 0.5) is 0 Å². The minimum atomic E-state index is -0.812. The molecule has 1 aromatic rings. The van der Waals surface area contributed by atoms with Crippen LogP contribution < -0.4 is 31.3 Å². The Bertz CT molecular complexity index is 1190. The maximum absolute atomic E-state index is 13.8. The van der Waals surface area contributed by atoms with E-state index >= 15 is 0 Å². The number of rotatable bonds is 20. The van der Waals surface area contributed by atoms with Gasteiger partial charge < -0.3 is 36.7 Å². The summed E-state index contributed by atoms with van der Waals surface area (Å²) in [4.78, 5) is 67.4. The summed E-state index contributed by atoms with van der Waals surface area (Å²) in [5, 5.41) is 26.2. The first-order valence-corrected chi connectivity index (χ1v) is 17.1. The molecule has 1 aliphatic carbocycles. The fraction of sp³-hybridized carbons (Fsp3) is 0.706. The van der Waals surface area contributed by atoms with Crippen molar-refractivity contribution in [2.24, 2.45) is 17.8 Å². The molecular formula is C34H57N7O6. The molecule has 2 rings (SSSR count). The standard InChI is InChI=1S/C34H57N7O6/c1-9-11-28(40(8)34(46)27(19-24-12-13-24)38-31(43)25-14-16-41(47)17-15-25)32(44)37-26(18-21(3)4)20-36-23(7)30(42)39-29(22(5)6)33(45)35-10-2/h14-17,21-24,26-29,36H,9-13,18-20H2,1-8H3,(H,35,45)(H,37,44)(H,38,43)(H,39,42)/t23-,26-,27-,28-,29-/m0/s1. The highest BCUT2D eigenvalue weighted by atomic mass is 16.5. The summed E-state index contributed by atoms with van der Waals surface area (Å²) >= 11 is 0. The van der Waals surface area contributed by atoms with Gasteiger partial charge in [-0.15, -0.1) is 0 Å². The van der Waals surface area contributed by atoms with Crippen molar-refractivity contribution in [3.63, 3.8) is 0 Å². The predicted octanol–water partition coefficient (Wildman–Crippen LogP) is 1.63. The van der Waals surface area contributed by atoms with E-state index in [2.05, 4.69) is 26.6 Å². The van der Waals surface area contributed by atoms with E-state index in [0.717, 1.165) is 12.8 Å². The van der Waals surface area contributed by atoms with E-state index in [4.69, 9.17) is 0 Å². The summed E-state index contributed by atoms with van der Waals surface area (Å²) in [5.74, 6) is -1.18. The molecule has 0 spiro atoms. The number of nitrogens with one attached hydrogen (secondary N) is 5. The highest BCUT2D eigenvalue weighted by Crippen LogP contribution is 2.34. The predicted molar refractivity (Wildman–Crippen MR) is 180 cm³/mol. The zero-order valence-corrected chi connectivity index (χ0v) is 29.4. The molecule has 5 amide bonds. The average Bonchev–Trinajstić information content (AvgIpc) is 3.83. The third-order valence-corrected chi connectivity index (χ3v) is 8.38. The summed E-state index contributed by atoms with van der Waals surface area (Å²) in [6.07, 6.45) is 6.61. The van der Waals surface area contributed by atoms with E-state index in [1.165, 1.54) is 29.4 Å². The molecule has 5 N–H and O–H groups in total. The molecule has 1 heterocycles. The fourth-order valence-electron chi connectivity index (χ4n) is 5.46. The van der Waals surface area contributed by atoms with E-state index in [1.54, 1.807) is 14.0 Å². The van der Waals surface area contributed by atoms with Gasteiger partial charge in [-0.3, -0.25) is 24.0 Å². The van der Waals surface area contributed by atoms with Crippen molar-refractivity contribution in [1.29, 1.82) is 0 Å². The molecular weight excluding hydrogens is 602 g/mol. The summed E-state index contributed by atoms with van der Waals surface area (Å²) < 4.78 is 0.583. The van der Waals surface area contributed by atoms with Crippen LogP contribution in [0, 0.1) is 23.0 Å². The summed E-state index contributed by atoms with van der Waals surface area (Å²) in [6, 6.07) is -0.382. The molecule has 0 saturated heterocycles. The highest BCUT2D eigenvalue weighted by molar-refractivity contribution is 5.98. The van der Waals surface area contributed by atoms with Crippen LogP contribution in [0.15, 0.2) is 24.5 Å². The molecule has 0 unspecified atom stereocenters.